The fourth-order valence-corrected chi connectivity index (χ4v) is 3.24. The molecule has 1 fully saturated rings. The molecule has 1 aliphatic rings. The van der Waals surface area contributed by atoms with Crippen LogP contribution in [0, 0.1) is 5.92 Å². The quantitative estimate of drug-likeness (QED) is 0.779. The maximum absolute atomic E-state index is 11.9. The Hall–Kier alpha value is -0.570. The minimum atomic E-state index is -0.159. The number of ether oxygens (including phenoxy) is 1. The van der Waals surface area contributed by atoms with Gasteiger partial charge in [0.2, 0.25) is 0 Å². The second-order valence-corrected chi connectivity index (χ2v) is 6.87. The second-order valence-electron chi connectivity index (χ2n) is 6.87. The Bertz CT molecular complexity index is 266. The van der Waals surface area contributed by atoms with Gasteiger partial charge in [-0.2, -0.15) is 0 Å². The van der Waals surface area contributed by atoms with Gasteiger partial charge >= 0.3 is 5.97 Å². The number of carbonyl (C=O) groups excluding carboxylic acids is 1. The van der Waals surface area contributed by atoms with Crippen molar-refractivity contribution in [2.24, 2.45) is 5.92 Å². The molecule has 0 aromatic carbocycles. The van der Waals surface area contributed by atoms with E-state index in [0.29, 0.717) is 6.04 Å². The third-order valence-corrected chi connectivity index (χ3v) is 4.64. The van der Waals surface area contributed by atoms with E-state index in [9.17, 15) is 4.79 Å². The number of hydrogen-bond acceptors (Lipinski definition) is 3. The fraction of sp³-hybridized carbons (Fsp3) is 0.944. The van der Waals surface area contributed by atoms with Crippen LogP contribution in [0.15, 0.2) is 0 Å². The van der Waals surface area contributed by atoms with Crippen molar-refractivity contribution < 1.29 is 9.53 Å². The SMILES string of the molecule is COC(=O)[C@@H](NC1CCCCCCCCCCC1)C(C)C. The first-order valence-corrected chi connectivity index (χ1v) is 8.99. The molecular weight excluding hydrogens is 262 g/mol. The summed E-state index contributed by atoms with van der Waals surface area (Å²) in [5, 5.41) is 3.58. The standard InChI is InChI=1S/C18H35NO2/c1-15(2)17(18(20)21-3)19-16-13-11-9-7-5-4-6-8-10-12-14-16/h15-17,19H,4-14H2,1-3H3/t17-/m0/s1. The van der Waals surface area contributed by atoms with Crippen molar-refractivity contribution in [3.63, 3.8) is 0 Å². The number of rotatable bonds is 4. The molecule has 0 heterocycles. The van der Waals surface area contributed by atoms with E-state index in [1.165, 1.54) is 77.7 Å². The Labute approximate surface area is 131 Å². The van der Waals surface area contributed by atoms with E-state index in [-0.39, 0.29) is 17.9 Å². The summed E-state index contributed by atoms with van der Waals surface area (Å²) in [5.41, 5.74) is 0. The lowest BCUT2D eigenvalue weighted by molar-refractivity contribution is -0.144. The number of nitrogens with one attached hydrogen (secondary N) is 1. The van der Waals surface area contributed by atoms with Crippen molar-refractivity contribution in [2.45, 2.75) is 96.6 Å². The van der Waals surface area contributed by atoms with Crippen LogP contribution in [0.25, 0.3) is 0 Å². The second kappa shape index (κ2) is 11.1. The van der Waals surface area contributed by atoms with Gasteiger partial charge in [0.25, 0.3) is 0 Å². The van der Waals surface area contributed by atoms with E-state index in [0.717, 1.165) is 0 Å². The van der Waals surface area contributed by atoms with Crippen LogP contribution in [0.2, 0.25) is 0 Å². The van der Waals surface area contributed by atoms with Crippen LogP contribution >= 0.6 is 0 Å². The smallest absolute Gasteiger partial charge is 0.323 e. The first-order chi connectivity index (χ1) is 10.1. The molecule has 0 radical (unpaired) electrons. The zero-order valence-electron chi connectivity index (χ0n) is 14.3. The number of esters is 1. The summed E-state index contributed by atoms with van der Waals surface area (Å²) in [6.07, 6.45) is 14.6. The largest absolute Gasteiger partial charge is 0.468 e. The van der Waals surface area contributed by atoms with Gasteiger partial charge in [0.15, 0.2) is 0 Å². The van der Waals surface area contributed by atoms with E-state index in [1.54, 1.807) is 0 Å². The van der Waals surface area contributed by atoms with Crippen molar-refractivity contribution in [1.82, 2.24) is 5.32 Å². The van der Waals surface area contributed by atoms with Gasteiger partial charge in [-0.15, -0.1) is 0 Å². The normalized spacial score (nSPS) is 21.3. The third kappa shape index (κ3) is 7.85. The molecule has 1 saturated carbocycles. The van der Waals surface area contributed by atoms with Gasteiger partial charge < -0.3 is 10.1 Å². The highest BCUT2D eigenvalue weighted by Crippen LogP contribution is 2.18. The molecule has 0 unspecified atom stereocenters. The van der Waals surface area contributed by atoms with Gasteiger partial charge in [0.05, 0.1) is 7.11 Å². The molecule has 124 valence electrons. The molecule has 0 amide bonds. The summed E-state index contributed by atoms with van der Waals surface area (Å²) in [4.78, 5) is 11.9. The minimum Gasteiger partial charge on any atom is -0.468 e. The molecule has 1 rings (SSSR count). The molecule has 3 heteroatoms. The first kappa shape index (κ1) is 18.5. The van der Waals surface area contributed by atoms with Crippen LogP contribution in [-0.4, -0.2) is 25.2 Å². The third-order valence-electron chi connectivity index (χ3n) is 4.64. The summed E-state index contributed by atoms with van der Waals surface area (Å²) < 4.78 is 4.95. The average molecular weight is 297 g/mol. The fourth-order valence-electron chi connectivity index (χ4n) is 3.24. The molecule has 0 aromatic heterocycles. The Balaban J connectivity index is 2.50. The number of methoxy groups -OCH3 is 1. The van der Waals surface area contributed by atoms with Gasteiger partial charge in [0.1, 0.15) is 6.04 Å². The first-order valence-electron chi connectivity index (χ1n) is 8.99. The van der Waals surface area contributed by atoms with E-state index >= 15 is 0 Å². The molecular formula is C18H35NO2. The molecule has 1 N–H and O–H groups in total. The van der Waals surface area contributed by atoms with E-state index in [2.05, 4.69) is 19.2 Å². The van der Waals surface area contributed by atoms with E-state index in [1.807, 2.05) is 0 Å². The Morgan fingerprint density at radius 3 is 1.71 bits per heavy atom. The highest BCUT2D eigenvalue weighted by molar-refractivity contribution is 5.75. The van der Waals surface area contributed by atoms with Gasteiger partial charge in [0, 0.05) is 6.04 Å². The Kier molecular flexibility index (Phi) is 9.73. The highest BCUT2D eigenvalue weighted by atomic mass is 16.5. The van der Waals surface area contributed by atoms with Gasteiger partial charge in [-0.05, 0) is 18.8 Å². The zero-order valence-corrected chi connectivity index (χ0v) is 14.3. The van der Waals surface area contributed by atoms with Gasteiger partial charge in [-0.3, -0.25) is 4.79 Å². The summed E-state index contributed by atoms with van der Waals surface area (Å²) >= 11 is 0. The summed E-state index contributed by atoms with van der Waals surface area (Å²) in [5.74, 6) is 0.162. The van der Waals surface area contributed by atoms with Crippen LogP contribution in [0.5, 0.6) is 0 Å². The van der Waals surface area contributed by atoms with Crippen molar-refractivity contribution >= 4 is 5.97 Å². The van der Waals surface area contributed by atoms with Crippen molar-refractivity contribution in [3.05, 3.63) is 0 Å². The molecule has 0 spiro atoms. The molecule has 21 heavy (non-hydrogen) atoms. The monoisotopic (exact) mass is 297 g/mol. The Morgan fingerprint density at radius 2 is 1.33 bits per heavy atom. The lowest BCUT2D eigenvalue weighted by Crippen LogP contribution is -2.47. The summed E-state index contributed by atoms with van der Waals surface area (Å²) in [6.45, 7) is 4.17. The van der Waals surface area contributed by atoms with Crippen LogP contribution in [-0.2, 0) is 9.53 Å². The molecule has 0 aromatic rings. The van der Waals surface area contributed by atoms with Crippen LogP contribution in [0.4, 0.5) is 0 Å². The lowest BCUT2D eigenvalue weighted by Gasteiger charge is -2.27. The zero-order chi connectivity index (χ0) is 15.5. The van der Waals surface area contributed by atoms with Crippen molar-refractivity contribution in [3.8, 4) is 0 Å². The molecule has 1 atom stereocenters. The molecule has 0 saturated heterocycles. The number of carbonyl (C=O) groups is 1. The molecule has 0 aliphatic heterocycles. The summed E-state index contributed by atoms with van der Waals surface area (Å²) in [6, 6.07) is 0.309. The van der Waals surface area contributed by atoms with E-state index < -0.39 is 0 Å². The maximum Gasteiger partial charge on any atom is 0.323 e. The minimum absolute atomic E-state index is 0.115. The molecule has 0 bridgehead atoms. The van der Waals surface area contributed by atoms with Crippen LogP contribution < -0.4 is 5.32 Å². The topological polar surface area (TPSA) is 38.3 Å². The van der Waals surface area contributed by atoms with Crippen molar-refractivity contribution in [1.29, 1.82) is 0 Å². The lowest BCUT2D eigenvalue weighted by atomic mass is 9.95. The van der Waals surface area contributed by atoms with Gasteiger partial charge in [-0.25, -0.2) is 0 Å². The highest BCUT2D eigenvalue weighted by Gasteiger charge is 2.25. The predicted octanol–water partition coefficient (Wildman–Crippen LogP) is 4.45. The molecule has 3 nitrogen and oxygen atoms in total. The van der Waals surface area contributed by atoms with E-state index in [4.69, 9.17) is 4.74 Å². The maximum atomic E-state index is 11.9. The van der Waals surface area contributed by atoms with Crippen LogP contribution in [0.3, 0.4) is 0 Å². The van der Waals surface area contributed by atoms with Crippen LogP contribution in [0.1, 0.15) is 84.5 Å². The van der Waals surface area contributed by atoms with Crippen molar-refractivity contribution in [2.75, 3.05) is 7.11 Å². The predicted molar refractivity (Wildman–Crippen MR) is 88.4 cm³/mol. The number of hydrogen-bond donors (Lipinski definition) is 1. The van der Waals surface area contributed by atoms with Gasteiger partial charge in [-0.1, -0.05) is 71.6 Å². The Morgan fingerprint density at radius 1 is 0.905 bits per heavy atom. The average Bonchev–Trinajstić information content (AvgIpc) is 2.45. The summed E-state index contributed by atoms with van der Waals surface area (Å²) in [7, 11) is 1.49. The molecule has 1 aliphatic carbocycles.